The van der Waals surface area contributed by atoms with E-state index in [4.69, 9.17) is 10.5 Å². The van der Waals surface area contributed by atoms with E-state index in [0.29, 0.717) is 19.2 Å². The summed E-state index contributed by atoms with van der Waals surface area (Å²) < 4.78 is 4.95. The predicted molar refractivity (Wildman–Crippen MR) is 58.7 cm³/mol. The van der Waals surface area contributed by atoms with Gasteiger partial charge in [0.25, 0.3) is 0 Å². The van der Waals surface area contributed by atoms with Crippen LogP contribution in [0.5, 0.6) is 0 Å². The van der Waals surface area contributed by atoms with Gasteiger partial charge in [-0.2, -0.15) is 0 Å². The Hall–Kier alpha value is -0.810. The molecule has 0 radical (unpaired) electrons. The lowest BCUT2D eigenvalue weighted by Crippen LogP contribution is -2.52. The summed E-state index contributed by atoms with van der Waals surface area (Å²) in [5.41, 5.74) is 5.60. The lowest BCUT2D eigenvalue weighted by molar-refractivity contribution is 0.0699. The minimum absolute atomic E-state index is 0.197. The molecule has 1 atom stereocenters. The molecule has 1 aliphatic heterocycles. The topological polar surface area (TPSA) is 58.8 Å². The zero-order valence-electron chi connectivity index (χ0n) is 9.61. The number of nitrogens with zero attached hydrogens (tertiary/aromatic N) is 2. The van der Waals surface area contributed by atoms with Crippen LogP contribution in [0, 0.1) is 0 Å². The number of piperazine rings is 1. The third-order valence-electron chi connectivity index (χ3n) is 2.80. The standard InChI is InChI=1S/C10H21N3O2/c1-3-15-10(14)13-6-4-12(5-7-13)9(2)8-11/h9H,3-8,11H2,1-2H3. The molecule has 1 aliphatic rings. The van der Waals surface area contributed by atoms with Crippen LogP contribution >= 0.6 is 0 Å². The number of rotatable bonds is 3. The van der Waals surface area contributed by atoms with Gasteiger partial charge in [0.15, 0.2) is 0 Å². The van der Waals surface area contributed by atoms with Crippen LogP contribution in [-0.2, 0) is 4.74 Å². The highest BCUT2D eigenvalue weighted by atomic mass is 16.6. The van der Waals surface area contributed by atoms with Gasteiger partial charge in [0, 0.05) is 38.8 Å². The molecule has 1 fully saturated rings. The SMILES string of the molecule is CCOC(=O)N1CCN(C(C)CN)CC1. The Labute approximate surface area is 91.2 Å². The van der Waals surface area contributed by atoms with E-state index in [9.17, 15) is 4.79 Å². The number of nitrogens with two attached hydrogens (primary N) is 1. The molecular weight excluding hydrogens is 194 g/mol. The molecule has 0 bridgehead atoms. The van der Waals surface area contributed by atoms with Gasteiger partial charge in [-0.3, -0.25) is 4.90 Å². The lowest BCUT2D eigenvalue weighted by Gasteiger charge is -2.37. The number of hydrogen-bond acceptors (Lipinski definition) is 4. The number of carbonyl (C=O) groups is 1. The molecule has 0 spiro atoms. The highest BCUT2D eigenvalue weighted by molar-refractivity contribution is 5.67. The average Bonchev–Trinajstić information content (AvgIpc) is 2.28. The van der Waals surface area contributed by atoms with Crippen molar-refractivity contribution in [1.82, 2.24) is 9.80 Å². The molecule has 0 aromatic carbocycles. The molecular formula is C10H21N3O2. The molecule has 1 amide bonds. The van der Waals surface area contributed by atoms with E-state index in [1.807, 2.05) is 6.92 Å². The Bertz CT molecular complexity index is 203. The molecule has 0 saturated carbocycles. The number of ether oxygens (including phenoxy) is 1. The molecule has 15 heavy (non-hydrogen) atoms. The van der Waals surface area contributed by atoms with E-state index < -0.39 is 0 Å². The van der Waals surface area contributed by atoms with Crippen molar-refractivity contribution < 1.29 is 9.53 Å². The largest absolute Gasteiger partial charge is 0.450 e. The van der Waals surface area contributed by atoms with E-state index in [-0.39, 0.29) is 6.09 Å². The second-order valence-electron chi connectivity index (χ2n) is 3.81. The summed E-state index contributed by atoms with van der Waals surface area (Å²) >= 11 is 0. The van der Waals surface area contributed by atoms with Gasteiger partial charge in [0.2, 0.25) is 0 Å². The van der Waals surface area contributed by atoms with Crippen LogP contribution in [0.15, 0.2) is 0 Å². The summed E-state index contributed by atoms with van der Waals surface area (Å²) in [6.07, 6.45) is -0.197. The van der Waals surface area contributed by atoms with Crippen LogP contribution in [0.3, 0.4) is 0 Å². The molecule has 88 valence electrons. The molecule has 2 N–H and O–H groups in total. The molecule has 1 heterocycles. The lowest BCUT2D eigenvalue weighted by atomic mass is 10.2. The van der Waals surface area contributed by atoms with E-state index in [2.05, 4.69) is 11.8 Å². The van der Waals surface area contributed by atoms with Crippen molar-refractivity contribution in [1.29, 1.82) is 0 Å². The van der Waals surface area contributed by atoms with Crippen molar-refractivity contribution in [2.45, 2.75) is 19.9 Å². The fourth-order valence-corrected chi connectivity index (χ4v) is 1.71. The smallest absolute Gasteiger partial charge is 0.409 e. The van der Waals surface area contributed by atoms with Gasteiger partial charge in [0.1, 0.15) is 0 Å². The number of carbonyl (C=O) groups excluding carboxylic acids is 1. The van der Waals surface area contributed by atoms with Crippen molar-refractivity contribution in [3.05, 3.63) is 0 Å². The normalized spacial score (nSPS) is 20.1. The van der Waals surface area contributed by atoms with Crippen LogP contribution in [0.1, 0.15) is 13.8 Å². The maximum Gasteiger partial charge on any atom is 0.409 e. The fraction of sp³-hybridized carbons (Fsp3) is 0.900. The minimum Gasteiger partial charge on any atom is -0.450 e. The first-order chi connectivity index (χ1) is 7.19. The highest BCUT2D eigenvalue weighted by Crippen LogP contribution is 2.06. The molecule has 1 rings (SSSR count). The quantitative estimate of drug-likeness (QED) is 0.726. The Balaban J connectivity index is 2.32. The zero-order valence-corrected chi connectivity index (χ0v) is 9.61. The van der Waals surface area contributed by atoms with Crippen LogP contribution in [0.25, 0.3) is 0 Å². The first-order valence-electron chi connectivity index (χ1n) is 5.54. The van der Waals surface area contributed by atoms with Gasteiger partial charge < -0.3 is 15.4 Å². The van der Waals surface area contributed by atoms with Gasteiger partial charge in [0.05, 0.1) is 6.61 Å². The van der Waals surface area contributed by atoms with Crippen molar-refractivity contribution in [3.63, 3.8) is 0 Å². The van der Waals surface area contributed by atoms with Gasteiger partial charge in [-0.1, -0.05) is 0 Å². The van der Waals surface area contributed by atoms with Crippen LogP contribution in [0.2, 0.25) is 0 Å². The van der Waals surface area contributed by atoms with Crippen molar-refractivity contribution in [2.75, 3.05) is 39.3 Å². The maximum absolute atomic E-state index is 11.4. The van der Waals surface area contributed by atoms with Gasteiger partial charge in [-0.25, -0.2) is 4.79 Å². The number of amides is 1. The zero-order chi connectivity index (χ0) is 11.3. The summed E-state index contributed by atoms with van der Waals surface area (Å²) in [5.74, 6) is 0. The summed E-state index contributed by atoms with van der Waals surface area (Å²) in [7, 11) is 0. The first-order valence-corrected chi connectivity index (χ1v) is 5.54. The second-order valence-corrected chi connectivity index (χ2v) is 3.81. The number of hydrogen-bond donors (Lipinski definition) is 1. The minimum atomic E-state index is -0.197. The Morgan fingerprint density at radius 1 is 1.40 bits per heavy atom. The van der Waals surface area contributed by atoms with E-state index in [1.54, 1.807) is 4.90 Å². The van der Waals surface area contributed by atoms with Crippen LogP contribution < -0.4 is 5.73 Å². The molecule has 5 heteroatoms. The van der Waals surface area contributed by atoms with E-state index >= 15 is 0 Å². The third kappa shape index (κ3) is 3.35. The highest BCUT2D eigenvalue weighted by Gasteiger charge is 2.23. The average molecular weight is 215 g/mol. The van der Waals surface area contributed by atoms with Crippen molar-refractivity contribution in [3.8, 4) is 0 Å². The summed E-state index contributed by atoms with van der Waals surface area (Å²) in [6.45, 7) is 8.29. The van der Waals surface area contributed by atoms with E-state index in [1.165, 1.54) is 0 Å². The predicted octanol–water partition coefficient (Wildman–Crippen LogP) is 0.108. The summed E-state index contributed by atoms with van der Waals surface area (Å²) in [6, 6.07) is 0.398. The molecule has 1 saturated heterocycles. The van der Waals surface area contributed by atoms with Crippen LogP contribution in [-0.4, -0.2) is 61.3 Å². The first kappa shape index (κ1) is 12.3. The van der Waals surface area contributed by atoms with E-state index in [0.717, 1.165) is 26.2 Å². The van der Waals surface area contributed by atoms with Gasteiger partial charge in [-0.15, -0.1) is 0 Å². The van der Waals surface area contributed by atoms with Crippen LogP contribution in [0.4, 0.5) is 4.79 Å². The molecule has 0 aromatic rings. The molecule has 5 nitrogen and oxygen atoms in total. The molecule has 1 unspecified atom stereocenters. The maximum atomic E-state index is 11.4. The van der Waals surface area contributed by atoms with Crippen molar-refractivity contribution >= 4 is 6.09 Å². The van der Waals surface area contributed by atoms with Crippen molar-refractivity contribution in [2.24, 2.45) is 5.73 Å². The molecule has 0 aliphatic carbocycles. The Morgan fingerprint density at radius 3 is 2.47 bits per heavy atom. The molecule has 0 aromatic heterocycles. The summed E-state index contributed by atoms with van der Waals surface area (Å²) in [5, 5.41) is 0. The Morgan fingerprint density at radius 2 is 2.00 bits per heavy atom. The van der Waals surface area contributed by atoms with Gasteiger partial charge in [-0.05, 0) is 13.8 Å². The Kier molecular flexibility index (Phi) is 4.84. The third-order valence-corrected chi connectivity index (χ3v) is 2.80. The second kappa shape index (κ2) is 5.92. The monoisotopic (exact) mass is 215 g/mol. The summed E-state index contributed by atoms with van der Waals surface area (Å²) in [4.78, 5) is 15.5. The fourth-order valence-electron chi connectivity index (χ4n) is 1.71. The van der Waals surface area contributed by atoms with Gasteiger partial charge >= 0.3 is 6.09 Å².